The van der Waals surface area contributed by atoms with Crippen molar-refractivity contribution in [1.82, 2.24) is 0 Å². The zero-order valence-corrected chi connectivity index (χ0v) is 12.1. The number of benzene rings is 3. The summed E-state index contributed by atoms with van der Waals surface area (Å²) in [5.41, 5.74) is 0.237. The van der Waals surface area contributed by atoms with Crippen LogP contribution in [0.25, 0.3) is 10.8 Å². The molecule has 1 N–H and O–H groups in total. The Kier molecular flexibility index (Phi) is 3.54. The lowest BCUT2D eigenvalue weighted by Crippen LogP contribution is -2.16. The largest absolute Gasteiger partial charge is 0.279 e. The van der Waals surface area contributed by atoms with E-state index >= 15 is 0 Å². The summed E-state index contributed by atoms with van der Waals surface area (Å²) in [6.45, 7) is 0. The third-order valence-electron chi connectivity index (χ3n) is 3.19. The van der Waals surface area contributed by atoms with E-state index in [-0.39, 0.29) is 5.69 Å². The molecule has 3 aromatic rings. The van der Waals surface area contributed by atoms with Crippen LogP contribution >= 0.6 is 0 Å². The highest BCUT2D eigenvalue weighted by Gasteiger charge is 2.23. The minimum absolute atomic E-state index is 0.237. The molecule has 0 fully saturated rings. The Morgan fingerprint density at radius 3 is 2.09 bits per heavy atom. The van der Waals surface area contributed by atoms with Gasteiger partial charge in [0, 0.05) is 5.69 Å². The van der Waals surface area contributed by atoms with E-state index < -0.39 is 26.6 Å². The lowest BCUT2D eigenvalue weighted by molar-refractivity contribution is 0.521. The number of rotatable bonds is 3. The first-order valence-corrected chi connectivity index (χ1v) is 7.91. The van der Waals surface area contributed by atoms with E-state index in [0.29, 0.717) is 0 Å². The minimum atomic E-state index is -4.34. The molecule has 0 unspecified atom stereocenters. The van der Waals surface area contributed by atoms with Crippen molar-refractivity contribution >= 4 is 26.5 Å². The molecule has 0 saturated carbocycles. The molecule has 112 valence electrons. The predicted octanol–water partition coefficient (Wildman–Crippen LogP) is 3.92. The van der Waals surface area contributed by atoms with E-state index in [1.54, 1.807) is 18.2 Å². The van der Waals surface area contributed by atoms with Crippen molar-refractivity contribution < 1.29 is 17.2 Å². The van der Waals surface area contributed by atoms with E-state index in [4.69, 9.17) is 0 Å². The molecule has 3 rings (SSSR count). The van der Waals surface area contributed by atoms with Crippen molar-refractivity contribution in [3.05, 3.63) is 72.3 Å². The first-order valence-electron chi connectivity index (χ1n) is 6.43. The van der Waals surface area contributed by atoms with Crippen molar-refractivity contribution in [2.75, 3.05) is 4.72 Å². The molecule has 0 aliphatic carbocycles. The fraction of sp³-hybridized carbons (Fsp3) is 0. The summed E-state index contributed by atoms with van der Waals surface area (Å²) in [6, 6.07) is 15.2. The lowest BCUT2D eigenvalue weighted by atomic mass is 10.1. The highest BCUT2D eigenvalue weighted by Crippen LogP contribution is 2.24. The fourth-order valence-electron chi connectivity index (χ4n) is 2.20. The van der Waals surface area contributed by atoms with Crippen LogP contribution in [-0.4, -0.2) is 8.42 Å². The summed E-state index contributed by atoms with van der Waals surface area (Å²) < 4.78 is 53.9. The second-order valence-electron chi connectivity index (χ2n) is 4.72. The average molecular weight is 319 g/mol. The van der Waals surface area contributed by atoms with Gasteiger partial charge >= 0.3 is 0 Å². The highest BCUT2D eigenvalue weighted by atomic mass is 32.2. The number of hydrogen-bond donors (Lipinski definition) is 1. The van der Waals surface area contributed by atoms with Crippen LogP contribution in [0.2, 0.25) is 0 Å². The Hall–Kier alpha value is -2.47. The Balaban J connectivity index is 2.03. The molecule has 0 saturated heterocycles. The molecule has 0 aromatic heterocycles. The van der Waals surface area contributed by atoms with Gasteiger partial charge in [0.25, 0.3) is 10.0 Å². The van der Waals surface area contributed by atoms with Gasteiger partial charge in [-0.15, -0.1) is 0 Å². The molecule has 0 aliphatic heterocycles. The second kappa shape index (κ2) is 5.38. The maximum atomic E-state index is 13.6. The average Bonchev–Trinajstić information content (AvgIpc) is 2.46. The van der Waals surface area contributed by atoms with Crippen molar-refractivity contribution in [2.45, 2.75) is 4.90 Å². The zero-order valence-electron chi connectivity index (χ0n) is 11.3. The maximum Gasteiger partial charge on any atom is 0.267 e. The summed E-state index contributed by atoms with van der Waals surface area (Å²) in [4.78, 5) is -0.983. The van der Waals surface area contributed by atoms with E-state index in [1.807, 2.05) is 24.3 Å². The van der Waals surface area contributed by atoms with Gasteiger partial charge in [-0.1, -0.05) is 36.4 Å². The molecule has 0 amide bonds. The summed E-state index contributed by atoms with van der Waals surface area (Å²) in [5.74, 6) is -2.26. The lowest BCUT2D eigenvalue weighted by Gasteiger charge is -2.10. The minimum Gasteiger partial charge on any atom is -0.279 e. The monoisotopic (exact) mass is 319 g/mol. The molecular weight excluding hydrogens is 308 g/mol. The molecule has 0 heterocycles. The normalized spacial score (nSPS) is 11.5. The number of hydrogen-bond acceptors (Lipinski definition) is 2. The van der Waals surface area contributed by atoms with E-state index in [0.717, 1.165) is 29.0 Å². The van der Waals surface area contributed by atoms with Crippen LogP contribution in [0.15, 0.2) is 65.6 Å². The topological polar surface area (TPSA) is 46.2 Å². The Morgan fingerprint density at radius 2 is 1.41 bits per heavy atom. The second-order valence-corrected chi connectivity index (χ2v) is 6.34. The summed E-state index contributed by atoms with van der Waals surface area (Å²) in [7, 11) is -4.34. The van der Waals surface area contributed by atoms with Crippen LogP contribution in [0.3, 0.4) is 0 Å². The van der Waals surface area contributed by atoms with Crippen LogP contribution in [0.5, 0.6) is 0 Å². The summed E-state index contributed by atoms with van der Waals surface area (Å²) in [5, 5.41) is 1.75. The van der Waals surface area contributed by atoms with Gasteiger partial charge in [0.15, 0.2) is 4.90 Å². The number of nitrogens with one attached hydrogen (secondary N) is 1. The molecule has 22 heavy (non-hydrogen) atoms. The molecule has 0 spiro atoms. The SMILES string of the molecule is O=S(=O)(Nc1ccc2ccccc2c1)c1c(F)cccc1F. The van der Waals surface area contributed by atoms with Crippen LogP contribution in [0.1, 0.15) is 0 Å². The molecule has 0 atom stereocenters. The van der Waals surface area contributed by atoms with Gasteiger partial charge in [-0.25, -0.2) is 17.2 Å². The van der Waals surface area contributed by atoms with Crippen molar-refractivity contribution in [1.29, 1.82) is 0 Å². The molecule has 3 aromatic carbocycles. The number of sulfonamides is 1. The summed E-state index contributed by atoms with van der Waals surface area (Å²) >= 11 is 0. The number of fused-ring (bicyclic) bond motifs is 1. The number of anilines is 1. The Bertz CT molecular complexity index is 935. The van der Waals surface area contributed by atoms with Gasteiger partial charge in [-0.05, 0) is 35.0 Å². The van der Waals surface area contributed by atoms with Crippen LogP contribution in [-0.2, 0) is 10.0 Å². The first kappa shape index (κ1) is 14.5. The fourth-order valence-corrected chi connectivity index (χ4v) is 3.39. The number of halogens is 2. The maximum absolute atomic E-state index is 13.6. The molecule has 3 nitrogen and oxygen atoms in total. The van der Waals surface area contributed by atoms with Crippen LogP contribution in [0, 0.1) is 11.6 Å². The van der Waals surface area contributed by atoms with Crippen molar-refractivity contribution in [3.63, 3.8) is 0 Å². The third kappa shape index (κ3) is 2.65. The van der Waals surface area contributed by atoms with Crippen LogP contribution < -0.4 is 4.72 Å². The standard InChI is InChI=1S/C16H11F2NO2S/c17-14-6-3-7-15(18)16(14)22(20,21)19-13-9-8-11-4-1-2-5-12(11)10-13/h1-10,19H. The van der Waals surface area contributed by atoms with Crippen molar-refractivity contribution in [2.24, 2.45) is 0 Å². The molecule has 0 bridgehead atoms. The van der Waals surface area contributed by atoms with Gasteiger partial charge in [-0.2, -0.15) is 0 Å². The van der Waals surface area contributed by atoms with E-state index in [9.17, 15) is 17.2 Å². The van der Waals surface area contributed by atoms with E-state index in [1.165, 1.54) is 0 Å². The molecule has 0 aliphatic rings. The van der Waals surface area contributed by atoms with Gasteiger partial charge < -0.3 is 0 Å². The van der Waals surface area contributed by atoms with Crippen molar-refractivity contribution in [3.8, 4) is 0 Å². The molecule has 6 heteroatoms. The smallest absolute Gasteiger partial charge is 0.267 e. The van der Waals surface area contributed by atoms with E-state index in [2.05, 4.69) is 4.72 Å². The van der Waals surface area contributed by atoms with Gasteiger partial charge in [0.2, 0.25) is 0 Å². The predicted molar refractivity (Wildman–Crippen MR) is 81.1 cm³/mol. The molecule has 0 radical (unpaired) electrons. The highest BCUT2D eigenvalue weighted by molar-refractivity contribution is 7.92. The van der Waals surface area contributed by atoms with Gasteiger partial charge in [-0.3, -0.25) is 4.72 Å². The van der Waals surface area contributed by atoms with Gasteiger partial charge in [0.05, 0.1) is 0 Å². The molecular formula is C16H11F2NO2S. The quantitative estimate of drug-likeness (QED) is 0.795. The van der Waals surface area contributed by atoms with Gasteiger partial charge in [0.1, 0.15) is 11.6 Å². The zero-order chi connectivity index (χ0) is 15.7. The van der Waals surface area contributed by atoms with Crippen LogP contribution in [0.4, 0.5) is 14.5 Å². The Morgan fingerprint density at radius 1 is 0.773 bits per heavy atom. The Labute approximate surface area is 126 Å². The third-order valence-corrected chi connectivity index (χ3v) is 4.62. The summed E-state index contributed by atoms with van der Waals surface area (Å²) in [6.07, 6.45) is 0. The first-order chi connectivity index (χ1) is 10.5.